The molecule has 4 aromatic rings. The van der Waals surface area contributed by atoms with Crippen LogP contribution in [0.1, 0.15) is 4.88 Å². The number of aliphatic carboxylic acids is 1. The van der Waals surface area contributed by atoms with Crippen LogP contribution in [-0.4, -0.2) is 16.1 Å². The second-order valence-corrected chi connectivity index (χ2v) is 6.94. The Morgan fingerprint density at radius 3 is 2.52 bits per heavy atom. The van der Waals surface area contributed by atoms with E-state index in [0.717, 1.165) is 37.5 Å². The van der Waals surface area contributed by atoms with Gasteiger partial charge in [0.25, 0.3) is 0 Å². The molecule has 4 heteroatoms. The van der Waals surface area contributed by atoms with Crippen molar-refractivity contribution in [1.29, 1.82) is 0 Å². The van der Waals surface area contributed by atoms with Crippen molar-refractivity contribution in [2.45, 2.75) is 6.42 Å². The number of nitrogens with zero attached hydrogens (tertiary/aromatic N) is 1. The molecule has 0 aliphatic rings. The summed E-state index contributed by atoms with van der Waals surface area (Å²) in [7, 11) is 0. The summed E-state index contributed by atoms with van der Waals surface area (Å²) in [5.74, 6) is -0.815. The van der Waals surface area contributed by atoms with Crippen LogP contribution in [0.5, 0.6) is 0 Å². The second kappa shape index (κ2) is 6.49. The second-order valence-electron chi connectivity index (χ2n) is 5.77. The lowest BCUT2D eigenvalue weighted by Crippen LogP contribution is -1.96. The first-order valence-electron chi connectivity index (χ1n) is 7.97. The molecule has 0 unspecified atom stereocenters. The molecule has 0 radical (unpaired) electrons. The zero-order chi connectivity index (χ0) is 17.2. The summed E-state index contributed by atoms with van der Waals surface area (Å²) in [5, 5.41) is 10.1. The van der Waals surface area contributed by atoms with Gasteiger partial charge in [0, 0.05) is 10.3 Å². The fourth-order valence-corrected chi connectivity index (χ4v) is 3.88. The molecule has 0 spiro atoms. The van der Waals surface area contributed by atoms with Crippen LogP contribution in [0, 0.1) is 0 Å². The molecule has 0 fully saturated rings. The number of fused-ring (bicyclic) bond motifs is 1. The van der Waals surface area contributed by atoms with E-state index in [0.29, 0.717) is 0 Å². The molecule has 0 atom stereocenters. The van der Waals surface area contributed by atoms with Crippen molar-refractivity contribution < 1.29 is 9.90 Å². The highest BCUT2D eigenvalue weighted by Crippen LogP contribution is 2.34. The summed E-state index contributed by atoms with van der Waals surface area (Å²) < 4.78 is 0. The zero-order valence-corrected chi connectivity index (χ0v) is 14.2. The molecule has 0 bridgehead atoms. The number of carboxylic acid groups (broad SMARTS) is 1. The predicted octanol–water partition coefficient (Wildman–Crippen LogP) is 5.26. The van der Waals surface area contributed by atoms with Crippen molar-refractivity contribution in [2.24, 2.45) is 0 Å². The van der Waals surface area contributed by atoms with E-state index in [4.69, 9.17) is 10.1 Å². The van der Waals surface area contributed by atoms with Gasteiger partial charge in [0.15, 0.2) is 0 Å². The highest BCUT2D eigenvalue weighted by Gasteiger charge is 2.12. The maximum absolute atomic E-state index is 10.9. The Hall–Kier alpha value is -2.98. The van der Waals surface area contributed by atoms with Crippen molar-refractivity contribution in [1.82, 2.24) is 4.98 Å². The normalized spacial score (nSPS) is 10.9. The summed E-state index contributed by atoms with van der Waals surface area (Å²) in [4.78, 5) is 17.5. The Balaban J connectivity index is 1.88. The van der Waals surface area contributed by atoms with E-state index >= 15 is 0 Å². The molecule has 3 nitrogen and oxygen atoms in total. The van der Waals surface area contributed by atoms with Gasteiger partial charge in [-0.05, 0) is 35.4 Å². The summed E-state index contributed by atoms with van der Waals surface area (Å²) in [6, 6.07) is 24.3. The summed E-state index contributed by atoms with van der Waals surface area (Å²) in [6.07, 6.45) is 0.0454. The number of rotatable bonds is 4. The number of carbonyl (C=O) groups is 1. The van der Waals surface area contributed by atoms with Crippen molar-refractivity contribution in [3.8, 4) is 21.7 Å². The fraction of sp³-hybridized carbons (Fsp3) is 0.0476. The summed E-state index contributed by atoms with van der Waals surface area (Å²) >= 11 is 1.48. The minimum absolute atomic E-state index is 0.0454. The van der Waals surface area contributed by atoms with Crippen molar-refractivity contribution in [3.63, 3.8) is 0 Å². The number of hydrogen-bond acceptors (Lipinski definition) is 3. The number of hydrogen-bond donors (Lipinski definition) is 1. The van der Waals surface area contributed by atoms with Gasteiger partial charge >= 0.3 is 5.97 Å². The van der Waals surface area contributed by atoms with Gasteiger partial charge in [-0.3, -0.25) is 4.79 Å². The molecule has 0 aliphatic heterocycles. The van der Waals surface area contributed by atoms with Crippen LogP contribution >= 0.6 is 11.3 Å². The van der Waals surface area contributed by atoms with E-state index in [9.17, 15) is 4.79 Å². The SMILES string of the molecule is O=C(O)Cc1ccc(-c2cc(-c3ccccc3)c3ccccc3n2)s1. The maximum Gasteiger partial charge on any atom is 0.308 e. The number of pyridine rings is 1. The Morgan fingerprint density at radius 2 is 1.72 bits per heavy atom. The highest BCUT2D eigenvalue weighted by molar-refractivity contribution is 7.15. The molecule has 2 aromatic carbocycles. The average Bonchev–Trinajstić information content (AvgIpc) is 3.09. The molecular formula is C21H15NO2S. The predicted molar refractivity (Wildman–Crippen MR) is 102 cm³/mol. The van der Waals surface area contributed by atoms with Crippen molar-refractivity contribution >= 4 is 28.2 Å². The van der Waals surface area contributed by atoms with Gasteiger partial charge in [-0.2, -0.15) is 0 Å². The lowest BCUT2D eigenvalue weighted by Gasteiger charge is -2.09. The largest absolute Gasteiger partial charge is 0.481 e. The molecule has 25 heavy (non-hydrogen) atoms. The van der Waals surface area contributed by atoms with E-state index in [1.165, 1.54) is 11.3 Å². The van der Waals surface area contributed by atoms with Crippen LogP contribution in [0.25, 0.3) is 32.6 Å². The van der Waals surface area contributed by atoms with E-state index < -0.39 is 5.97 Å². The maximum atomic E-state index is 10.9. The molecule has 2 aromatic heterocycles. The number of aromatic nitrogens is 1. The third-order valence-electron chi connectivity index (χ3n) is 4.04. The molecule has 122 valence electrons. The van der Waals surface area contributed by atoms with Gasteiger partial charge in [0.05, 0.1) is 22.5 Å². The molecular weight excluding hydrogens is 330 g/mol. The number of benzene rings is 2. The van der Waals surface area contributed by atoms with Crippen LogP contribution in [0.3, 0.4) is 0 Å². The number of thiophene rings is 1. The molecule has 0 saturated heterocycles. The monoisotopic (exact) mass is 345 g/mol. The van der Waals surface area contributed by atoms with E-state index in [-0.39, 0.29) is 6.42 Å². The number of para-hydroxylation sites is 1. The van der Waals surface area contributed by atoms with E-state index in [2.05, 4.69) is 24.3 Å². The first-order valence-corrected chi connectivity index (χ1v) is 8.78. The first-order chi connectivity index (χ1) is 12.2. The van der Waals surface area contributed by atoms with Crippen molar-refractivity contribution in [3.05, 3.63) is 77.7 Å². The van der Waals surface area contributed by atoms with Crippen LogP contribution in [0.2, 0.25) is 0 Å². The number of carboxylic acids is 1. The van der Waals surface area contributed by atoms with Gasteiger partial charge in [0.2, 0.25) is 0 Å². The van der Waals surface area contributed by atoms with Crippen molar-refractivity contribution in [2.75, 3.05) is 0 Å². The quantitative estimate of drug-likeness (QED) is 0.549. The third-order valence-corrected chi connectivity index (χ3v) is 5.15. The smallest absolute Gasteiger partial charge is 0.308 e. The van der Waals surface area contributed by atoms with Crippen LogP contribution < -0.4 is 0 Å². The van der Waals surface area contributed by atoms with E-state index in [1.54, 1.807) is 0 Å². The van der Waals surface area contributed by atoms with Crippen LogP contribution in [-0.2, 0) is 11.2 Å². The Bertz CT molecular complexity index is 1050. The standard InChI is InChI=1S/C21H15NO2S/c23-21(24)12-15-10-11-20(25-15)19-13-17(14-6-2-1-3-7-14)16-8-4-5-9-18(16)22-19/h1-11,13H,12H2,(H,23,24). The lowest BCUT2D eigenvalue weighted by molar-refractivity contribution is -0.136. The zero-order valence-electron chi connectivity index (χ0n) is 13.3. The topological polar surface area (TPSA) is 50.2 Å². The average molecular weight is 345 g/mol. The summed E-state index contributed by atoms with van der Waals surface area (Å²) in [6.45, 7) is 0. The minimum Gasteiger partial charge on any atom is -0.481 e. The van der Waals surface area contributed by atoms with Gasteiger partial charge in [-0.1, -0.05) is 48.5 Å². The Labute approximate surface area is 149 Å². The van der Waals surface area contributed by atoms with Gasteiger partial charge in [-0.15, -0.1) is 11.3 Å². The molecule has 0 amide bonds. The van der Waals surface area contributed by atoms with E-state index in [1.807, 2.05) is 48.5 Å². The van der Waals surface area contributed by atoms with Gasteiger partial charge in [0.1, 0.15) is 0 Å². The first kappa shape index (κ1) is 15.5. The van der Waals surface area contributed by atoms with Gasteiger partial charge in [-0.25, -0.2) is 4.98 Å². The molecule has 0 saturated carbocycles. The minimum atomic E-state index is -0.815. The molecule has 4 rings (SSSR count). The molecule has 1 N–H and O–H groups in total. The Kier molecular flexibility index (Phi) is 4.04. The van der Waals surface area contributed by atoms with Crippen LogP contribution in [0.4, 0.5) is 0 Å². The molecule has 2 heterocycles. The highest BCUT2D eigenvalue weighted by atomic mass is 32.1. The Morgan fingerprint density at radius 1 is 0.960 bits per heavy atom. The van der Waals surface area contributed by atoms with Gasteiger partial charge < -0.3 is 5.11 Å². The fourth-order valence-electron chi connectivity index (χ4n) is 2.92. The third kappa shape index (κ3) is 3.16. The lowest BCUT2D eigenvalue weighted by atomic mass is 10.00. The van der Waals surface area contributed by atoms with Crippen LogP contribution in [0.15, 0.2) is 72.8 Å². The summed E-state index contributed by atoms with van der Waals surface area (Å²) in [5.41, 5.74) is 4.09. The molecule has 0 aliphatic carbocycles.